The number of pyridine rings is 1. The number of carbonyl (C=O) groups excluding carboxylic acids is 3. The lowest BCUT2D eigenvalue weighted by atomic mass is 10.1. The summed E-state index contributed by atoms with van der Waals surface area (Å²) in [5.41, 5.74) is 1.50. The first kappa shape index (κ1) is 24.4. The van der Waals surface area contributed by atoms with Crippen LogP contribution < -0.4 is 5.32 Å². The maximum Gasteiger partial charge on any atom is 0.419 e. The summed E-state index contributed by atoms with van der Waals surface area (Å²) in [5, 5.41) is 3.56. The molecule has 0 aliphatic carbocycles. The molecule has 1 aromatic carbocycles. The second-order valence-electron chi connectivity index (χ2n) is 9.68. The van der Waals surface area contributed by atoms with E-state index in [1.54, 1.807) is 16.8 Å². The van der Waals surface area contributed by atoms with Crippen molar-refractivity contribution in [3.8, 4) is 0 Å². The third-order valence-electron chi connectivity index (χ3n) is 5.96. The number of nitrogens with zero attached hydrogens (tertiary/aromatic N) is 3. The van der Waals surface area contributed by atoms with E-state index in [-0.39, 0.29) is 11.9 Å². The number of likely N-dealkylation sites (tertiary alicyclic amines) is 1. The van der Waals surface area contributed by atoms with Gasteiger partial charge >= 0.3 is 12.1 Å². The van der Waals surface area contributed by atoms with E-state index in [1.807, 2.05) is 33.9 Å². The summed E-state index contributed by atoms with van der Waals surface area (Å²) in [6.07, 6.45) is 3.16. The Morgan fingerprint density at radius 2 is 1.77 bits per heavy atom. The summed E-state index contributed by atoms with van der Waals surface area (Å²) in [5.74, 6) is -0.566. The molecule has 1 aliphatic heterocycles. The van der Waals surface area contributed by atoms with Crippen LogP contribution in [0.1, 0.15) is 66.1 Å². The van der Waals surface area contributed by atoms with Gasteiger partial charge in [-0.2, -0.15) is 0 Å². The number of hydrogen-bond donors (Lipinski definition) is 1. The van der Waals surface area contributed by atoms with Gasteiger partial charge in [0.25, 0.3) is 5.91 Å². The number of aromatic nitrogens is 2. The number of amides is 1. The van der Waals surface area contributed by atoms with E-state index in [0.29, 0.717) is 22.5 Å². The molecule has 0 radical (unpaired) electrons. The predicted molar refractivity (Wildman–Crippen MR) is 132 cm³/mol. The molecule has 9 nitrogen and oxygen atoms in total. The van der Waals surface area contributed by atoms with Crippen molar-refractivity contribution in [2.75, 3.05) is 26.0 Å². The van der Waals surface area contributed by atoms with Gasteiger partial charge < -0.3 is 14.8 Å². The molecule has 0 spiro atoms. The summed E-state index contributed by atoms with van der Waals surface area (Å²) in [7, 11) is 3.35. The third kappa shape index (κ3) is 5.19. The van der Waals surface area contributed by atoms with Gasteiger partial charge in [0.1, 0.15) is 11.4 Å². The SMILES string of the molecule is COC(=O)c1ccc(C(=O)Nc2cc3c(cn2)cc([C@H]2CCCN2C)n3C(=O)OC(C)(C)C)cc1. The highest BCUT2D eigenvalue weighted by Crippen LogP contribution is 2.35. The molecule has 3 aromatic rings. The fourth-order valence-corrected chi connectivity index (χ4v) is 4.30. The largest absolute Gasteiger partial charge is 0.465 e. The minimum atomic E-state index is -0.660. The summed E-state index contributed by atoms with van der Waals surface area (Å²) in [6.45, 7) is 6.44. The molecule has 1 aliphatic rings. The molecule has 0 bridgehead atoms. The molecule has 1 atom stereocenters. The van der Waals surface area contributed by atoms with E-state index in [9.17, 15) is 14.4 Å². The number of carbonyl (C=O) groups is 3. The van der Waals surface area contributed by atoms with Gasteiger partial charge in [-0.3, -0.25) is 9.69 Å². The minimum absolute atomic E-state index is 0.0845. The van der Waals surface area contributed by atoms with Crippen LogP contribution in [-0.2, 0) is 9.47 Å². The molecule has 0 saturated carbocycles. The van der Waals surface area contributed by atoms with Crippen LogP contribution in [0.4, 0.5) is 10.6 Å². The number of fused-ring (bicyclic) bond motifs is 1. The van der Waals surface area contributed by atoms with Crippen molar-refractivity contribution < 1.29 is 23.9 Å². The third-order valence-corrected chi connectivity index (χ3v) is 5.96. The summed E-state index contributed by atoms with van der Waals surface area (Å²) >= 11 is 0. The fourth-order valence-electron chi connectivity index (χ4n) is 4.30. The van der Waals surface area contributed by atoms with Crippen LogP contribution in [-0.4, -0.2) is 58.7 Å². The van der Waals surface area contributed by atoms with E-state index in [4.69, 9.17) is 4.74 Å². The van der Waals surface area contributed by atoms with Gasteiger partial charge in [-0.1, -0.05) is 0 Å². The lowest BCUT2D eigenvalue weighted by molar-refractivity contribution is 0.0533. The Labute approximate surface area is 204 Å². The molecule has 35 heavy (non-hydrogen) atoms. The number of benzene rings is 1. The lowest BCUT2D eigenvalue weighted by Gasteiger charge is -2.24. The van der Waals surface area contributed by atoms with Gasteiger partial charge in [0.05, 0.1) is 24.2 Å². The highest BCUT2D eigenvalue weighted by Gasteiger charge is 2.30. The highest BCUT2D eigenvalue weighted by atomic mass is 16.6. The van der Waals surface area contributed by atoms with Crippen LogP contribution in [0.2, 0.25) is 0 Å². The normalized spacial score (nSPS) is 16.3. The van der Waals surface area contributed by atoms with Crippen LogP contribution >= 0.6 is 0 Å². The number of esters is 1. The first-order valence-corrected chi connectivity index (χ1v) is 11.5. The highest BCUT2D eigenvalue weighted by molar-refractivity contribution is 6.05. The molecular formula is C26H30N4O5. The van der Waals surface area contributed by atoms with Crippen LogP contribution in [0.3, 0.4) is 0 Å². The molecule has 1 saturated heterocycles. The van der Waals surface area contributed by atoms with E-state index < -0.39 is 17.7 Å². The summed E-state index contributed by atoms with van der Waals surface area (Å²) < 4.78 is 12.0. The zero-order chi connectivity index (χ0) is 25.3. The molecule has 4 rings (SSSR count). The molecule has 9 heteroatoms. The van der Waals surface area contributed by atoms with Gasteiger partial charge in [0, 0.05) is 28.9 Å². The monoisotopic (exact) mass is 478 g/mol. The molecule has 1 fully saturated rings. The van der Waals surface area contributed by atoms with Crippen molar-refractivity contribution in [3.63, 3.8) is 0 Å². The van der Waals surface area contributed by atoms with E-state index in [2.05, 4.69) is 19.9 Å². The van der Waals surface area contributed by atoms with Crippen LogP contribution in [0.5, 0.6) is 0 Å². The Bertz CT molecular complexity index is 1270. The van der Waals surface area contributed by atoms with E-state index >= 15 is 0 Å². The first-order chi connectivity index (χ1) is 16.6. The Morgan fingerprint density at radius 1 is 1.09 bits per heavy atom. The smallest absolute Gasteiger partial charge is 0.419 e. The standard InChI is InChI=1S/C26H30N4O5/c1-26(2,3)35-25(33)30-20-14-22(27-15-18(20)13-21(30)19-7-6-12-29(19)4)28-23(31)16-8-10-17(11-9-16)24(32)34-5/h8-11,13-15,19H,6-7,12H2,1-5H3,(H,27,28,31)/t19-/m1/s1. The molecule has 1 amide bonds. The van der Waals surface area contributed by atoms with Crippen molar-refractivity contribution >= 4 is 34.7 Å². The number of anilines is 1. The number of methoxy groups -OCH3 is 1. The summed E-state index contributed by atoms with van der Waals surface area (Å²) in [4.78, 5) is 44.3. The predicted octanol–water partition coefficient (Wildman–Crippen LogP) is 4.63. The second kappa shape index (κ2) is 9.50. The van der Waals surface area contributed by atoms with Crippen molar-refractivity contribution in [2.45, 2.75) is 45.3 Å². The molecule has 0 unspecified atom stereocenters. The Balaban J connectivity index is 1.67. The Kier molecular flexibility index (Phi) is 6.62. The molecule has 1 N–H and O–H groups in total. The molecular weight excluding hydrogens is 448 g/mol. The van der Waals surface area contributed by atoms with E-state index in [0.717, 1.165) is 30.5 Å². The van der Waals surface area contributed by atoms with Crippen LogP contribution in [0.15, 0.2) is 42.6 Å². The van der Waals surface area contributed by atoms with Crippen LogP contribution in [0.25, 0.3) is 10.9 Å². The number of rotatable bonds is 4. The Morgan fingerprint density at radius 3 is 2.37 bits per heavy atom. The van der Waals surface area contributed by atoms with Crippen molar-refractivity contribution in [1.29, 1.82) is 0 Å². The average molecular weight is 479 g/mol. The average Bonchev–Trinajstić information content (AvgIpc) is 3.40. The second-order valence-corrected chi connectivity index (χ2v) is 9.68. The minimum Gasteiger partial charge on any atom is -0.465 e. The molecule has 2 aromatic heterocycles. The fraction of sp³-hybridized carbons (Fsp3) is 0.385. The summed E-state index contributed by atoms with van der Waals surface area (Å²) in [6, 6.07) is 9.86. The lowest BCUT2D eigenvalue weighted by Crippen LogP contribution is -2.30. The quantitative estimate of drug-likeness (QED) is 0.546. The van der Waals surface area contributed by atoms with E-state index in [1.165, 1.54) is 31.4 Å². The molecule has 184 valence electrons. The zero-order valence-corrected chi connectivity index (χ0v) is 20.6. The van der Waals surface area contributed by atoms with Crippen molar-refractivity contribution in [3.05, 3.63) is 59.4 Å². The first-order valence-electron chi connectivity index (χ1n) is 11.5. The van der Waals surface area contributed by atoms with Gasteiger partial charge in [-0.15, -0.1) is 0 Å². The number of ether oxygens (including phenoxy) is 2. The van der Waals surface area contributed by atoms with Gasteiger partial charge in [0.15, 0.2) is 0 Å². The topological polar surface area (TPSA) is 103 Å². The van der Waals surface area contributed by atoms with Crippen LogP contribution in [0, 0.1) is 0 Å². The zero-order valence-electron chi connectivity index (χ0n) is 20.6. The van der Waals surface area contributed by atoms with Gasteiger partial charge in [-0.05, 0) is 77.5 Å². The van der Waals surface area contributed by atoms with Gasteiger partial charge in [-0.25, -0.2) is 19.1 Å². The maximum atomic E-state index is 13.3. The molecule has 3 heterocycles. The number of nitrogens with one attached hydrogen (secondary N) is 1. The maximum absolute atomic E-state index is 13.3. The van der Waals surface area contributed by atoms with Crippen molar-refractivity contribution in [2.24, 2.45) is 0 Å². The van der Waals surface area contributed by atoms with Gasteiger partial charge in [0.2, 0.25) is 0 Å². The Hall–Kier alpha value is -3.72. The van der Waals surface area contributed by atoms with Crippen molar-refractivity contribution in [1.82, 2.24) is 14.5 Å². The number of hydrogen-bond acceptors (Lipinski definition) is 7.